The predicted octanol–water partition coefficient (Wildman–Crippen LogP) is 1.18. The molecular weight excluding hydrogens is 212 g/mol. The first-order chi connectivity index (χ1) is 7.66. The molecule has 1 heterocycles. The summed E-state index contributed by atoms with van der Waals surface area (Å²) in [7, 11) is 0. The average Bonchev–Trinajstić information content (AvgIpc) is 2.64. The third-order valence-electron chi connectivity index (χ3n) is 1.85. The molecule has 0 aliphatic carbocycles. The van der Waals surface area contributed by atoms with E-state index in [0.29, 0.717) is 0 Å². The van der Waals surface area contributed by atoms with Crippen molar-refractivity contribution in [3.63, 3.8) is 0 Å². The third kappa shape index (κ3) is 1.95. The number of nitrogen functional groups attached to an aromatic ring is 1. The van der Waals surface area contributed by atoms with Gasteiger partial charge in [0.2, 0.25) is 5.88 Å². The van der Waals surface area contributed by atoms with Crippen LogP contribution < -0.4 is 10.5 Å². The molecule has 1 aromatic carbocycles. The molecule has 0 fully saturated rings. The van der Waals surface area contributed by atoms with Crippen molar-refractivity contribution in [2.75, 3.05) is 5.73 Å². The number of phenols is 1. The molecule has 2 aromatic rings. The van der Waals surface area contributed by atoms with Gasteiger partial charge >= 0.3 is 5.97 Å². The lowest BCUT2D eigenvalue weighted by molar-refractivity contribution is 0.0735. The molecule has 0 bridgehead atoms. The van der Waals surface area contributed by atoms with E-state index in [1.807, 2.05) is 0 Å². The molecular formula is C10H8N2O4. The number of benzene rings is 1. The van der Waals surface area contributed by atoms with Crippen molar-refractivity contribution in [3.8, 4) is 11.5 Å². The summed E-state index contributed by atoms with van der Waals surface area (Å²) >= 11 is 0. The SMILES string of the molecule is Nc1oncc1C(=O)Oc1cccc(O)c1. The smallest absolute Gasteiger partial charge is 0.350 e. The largest absolute Gasteiger partial charge is 0.508 e. The third-order valence-corrected chi connectivity index (χ3v) is 1.85. The van der Waals surface area contributed by atoms with Gasteiger partial charge in [-0.2, -0.15) is 0 Å². The van der Waals surface area contributed by atoms with Gasteiger partial charge in [0.15, 0.2) is 0 Å². The Bertz CT molecular complexity index is 521. The van der Waals surface area contributed by atoms with Crippen LogP contribution in [0.1, 0.15) is 10.4 Å². The van der Waals surface area contributed by atoms with Crippen LogP contribution in [0, 0.1) is 0 Å². The van der Waals surface area contributed by atoms with E-state index in [1.54, 1.807) is 6.07 Å². The zero-order valence-electron chi connectivity index (χ0n) is 8.08. The highest BCUT2D eigenvalue weighted by molar-refractivity contribution is 5.94. The summed E-state index contributed by atoms with van der Waals surface area (Å²) in [4.78, 5) is 11.5. The van der Waals surface area contributed by atoms with Crippen LogP contribution in [0.4, 0.5) is 5.88 Å². The molecule has 0 spiro atoms. The van der Waals surface area contributed by atoms with Gasteiger partial charge < -0.3 is 20.1 Å². The number of aromatic hydroxyl groups is 1. The van der Waals surface area contributed by atoms with Gasteiger partial charge in [0.05, 0.1) is 6.20 Å². The Kier molecular flexibility index (Phi) is 2.47. The van der Waals surface area contributed by atoms with E-state index < -0.39 is 5.97 Å². The molecule has 0 unspecified atom stereocenters. The van der Waals surface area contributed by atoms with E-state index in [1.165, 1.54) is 24.4 Å². The Morgan fingerprint density at radius 1 is 1.50 bits per heavy atom. The number of phenolic OH excluding ortho intramolecular Hbond substituents is 1. The van der Waals surface area contributed by atoms with Crippen LogP contribution in [0.25, 0.3) is 0 Å². The van der Waals surface area contributed by atoms with Crippen molar-refractivity contribution in [2.45, 2.75) is 0 Å². The number of hydrogen-bond donors (Lipinski definition) is 2. The number of carbonyl (C=O) groups excluding carboxylic acids is 1. The zero-order valence-corrected chi connectivity index (χ0v) is 8.08. The van der Waals surface area contributed by atoms with Crippen LogP contribution in [0.5, 0.6) is 11.5 Å². The van der Waals surface area contributed by atoms with Gasteiger partial charge in [0, 0.05) is 6.07 Å². The first kappa shape index (κ1) is 10.0. The number of rotatable bonds is 2. The molecule has 0 aliphatic rings. The fourth-order valence-electron chi connectivity index (χ4n) is 1.11. The summed E-state index contributed by atoms with van der Waals surface area (Å²) in [6.07, 6.45) is 1.17. The Balaban J connectivity index is 2.17. The number of nitrogens with two attached hydrogens (primary N) is 1. The monoisotopic (exact) mass is 220 g/mol. The molecule has 1 aromatic heterocycles. The molecule has 0 radical (unpaired) electrons. The summed E-state index contributed by atoms with van der Waals surface area (Å²) in [5.41, 5.74) is 5.39. The second kappa shape index (κ2) is 3.93. The van der Waals surface area contributed by atoms with E-state index in [0.717, 1.165) is 0 Å². The highest BCUT2D eigenvalue weighted by Crippen LogP contribution is 2.20. The maximum atomic E-state index is 11.5. The molecule has 16 heavy (non-hydrogen) atoms. The van der Waals surface area contributed by atoms with E-state index in [2.05, 4.69) is 9.68 Å². The number of hydrogen-bond acceptors (Lipinski definition) is 6. The van der Waals surface area contributed by atoms with Gasteiger partial charge in [-0.1, -0.05) is 11.2 Å². The Morgan fingerprint density at radius 2 is 2.31 bits per heavy atom. The highest BCUT2D eigenvalue weighted by Gasteiger charge is 2.16. The second-order valence-electron chi connectivity index (χ2n) is 2.99. The Morgan fingerprint density at radius 3 is 2.94 bits per heavy atom. The molecule has 6 heteroatoms. The lowest BCUT2D eigenvalue weighted by atomic mass is 10.3. The van der Waals surface area contributed by atoms with Gasteiger partial charge in [-0.15, -0.1) is 0 Å². The van der Waals surface area contributed by atoms with Gasteiger partial charge in [0.1, 0.15) is 17.1 Å². The standard InChI is InChI=1S/C10H8N2O4/c11-9-8(5-12-16-9)10(14)15-7-3-1-2-6(13)4-7/h1-5,13H,11H2. The van der Waals surface area contributed by atoms with Gasteiger partial charge in [-0.05, 0) is 12.1 Å². The minimum atomic E-state index is -0.690. The quantitative estimate of drug-likeness (QED) is 0.582. The van der Waals surface area contributed by atoms with Gasteiger partial charge in [0.25, 0.3) is 0 Å². The number of carbonyl (C=O) groups is 1. The van der Waals surface area contributed by atoms with E-state index in [4.69, 9.17) is 15.6 Å². The molecule has 0 saturated heterocycles. The maximum absolute atomic E-state index is 11.5. The first-order valence-electron chi connectivity index (χ1n) is 4.38. The summed E-state index contributed by atoms with van der Waals surface area (Å²) in [5.74, 6) is -0.580. The average molecular weight is 220 g/mol. The number of ether oxygens (including phenoxy) is 1. The first-order valence-corrected chi connectivity index (χ1v) is 4.38. The predicted molar refractivity (Wildman–Crippen MR) is 54.0 cm³/mol. The fraction of sp³-hybridized carbons (Fsp3) is 0. The topological polar surface area (TPSA) is 98.6 Å². The van der Waals surface area contributed by atoms with Crippen LogP contribution in [-0.2, 0) is 0 Å². The molecule has 82 valence electrons. The number of esters is 1. The number of anilines is 1. The van der Waals surface area contributed by atoms with Crippen LogP contribution in [0.15, 0.2) is 35.0 Å². The molecule has 6 nitrogen and oxygen atoms in total. The summed E-state index contributed by atoms with van der Waals surface area (Å²) in [5, 5.41) is 12.5. The van der Waals surface area contributed by atoms with E-state index in [9.17, 15) is 4.79 Å². The van der Waals surface area contributed by atoms with Crippen molar-refractivity contribution in [1.29, 1.82) is 0 Å². The summed E-state index contributed by atoms with van der Waals surface area (Å²) < 4.78 is 9.47. The molecule has 2 rings (SSSR count). The Hall–Kier alpha value is -2.50. The van der Waals surface area contributed by atoms with E-state index in [-0.39, 0.29) is 22.9 Å². The van der Waals surface area contributed by atoms with Crippen molar-refractivity contribution in [1.82, 2.24) is 5.16 Å². The normalized spacial score (nSPS) is 10.0. The van der Waals surface area contributed by atoms with Crippen molar-refractivity contribution in [2.24, 2.45) is 0 Å². The zero-order chi connectivity index (χ0) is 11.5. The van der Waals surface area contributed by atoms with Crippen LogP contribution in [-0.4, -0.2) is 16.2 Å². The lowest BCUT2D eigenvalue weighted by Crippen LogP contribution is -2.09. The summed E-state index contributed by atoms with van der Waals surface area (Å²) in [6, 6.07) is 5.85. The van der Waals surface area contributed by atoms with Crippen LogP contribution in [0.2, 0.25) is 0 Å². The van der Waals surface area contributed by atoms with Crippen molar-refractivity contribution < 1.29 is 19.2 Å². The summed E-state index contributed by atoms with van der Waals surface area (Å²) in [6.45, 7) is 0. The van der Waals surface area contributed by atoms with Gasteiger partial charge in [-0.3, -0.25) is 0 Å². The van der Waals surface area contributed by atoms with Crippen molar-refractivity contribution in [3.05, 3.63) is 36.0 Å². The number of nitrogens with zero attached hydrogens (tertiary/aromatic N) is 1. The molecule has 0 aliphatic heterocycles. The maximum Gasteiger partial charge on any atom is 0.350 e. The van der Waals surface area contributed by atoms with Crippen molar-refractivity contribution >= 4 is 11.9 Å². The van der Waals surface area contributed by atoms with Gasteiger partial charge in [-0.25, -0.2) is 4.79 Å². The molecule has 0 saturated carbocycles. The number of aromatic nitrogens is 1. The highest BCUT2D eigenvalue weighted by atomic mass is 16.5. The minimum absolute atomic E-state index is 0.00332. The fourth-order valence-corrected chi connectivity index (χ4v) is 1.11. The van der Waals surface area contributed by atoms with Crippen LogP contribution in [0.3, 0.4) is 0 Å². The van der Waals surface area contributed by atoms with Crippen LogP contribution >= 0.6 is 0 Å². The molecule has 0 amide bonds. The minimum Gasteiger partial charge on any atom is -0.508 e. The second-order valence-corrected chi connectivity index (χ2v) is 2.99. The lowest BCUT2D eigenvalue weighted by Gasteiger charge is -2.02. The Labute approximate surface area is 90.2 Å². The molecule has 3 N–H and O–H groups in total. The van der Waals surface area contributed by atoms with E-state index >= 15 is 0 Å². The molecule has 0 atom stereocenters.